The maximum atomic E-state index is 13.5. The molecule has 0 radical (unpaired) electrons. The first-order valence-corrected chi connectivity index (χ1v) is 9.94. The largest absolute Gasteiger partial charge is 0.326 e. The van der Waals surface area contributed by atoms with Crippen molar-refractivity contribution in [2.24, 2.45) is 0 Å². The van der Waals surface area contributed by atoms with Gasteiger partial charge in [-0.2, -0.15) is 0 Å². The van der Waals surface area contributed by atoms with Crippen molar-refractivity contribution in [3.8, 4) is 11.4 Å². The van der Waals surface area contributed by atoms with E-state index in [1.807, 2.05) is 11.5 Å². The van der Waals surface area contributed by atoms with E-state index in [0.29, 0.717) is 34.5 Å². The van der Waals surface area contributed by atoms with Gasteiger partial charge in [-0.25, -0.2) is 4.39 Å². The molecule has 0 atom stereocenters. The highest BCUT2D eigenvalue weighted by atomic mass is 32.2. The Balaban J connectivity index is 1.62. The van der Waals surface area contributed by atoms with Crippen LogP contribution >= 0.6 is 11.8 Å². The van der Waals surface area contributed by atoms with Crippen molar-refractivity contribution in [3.05, 3.63) is 54.3 Å². The van der Waals surface area contributed by atoms with Gasteiger partial charge in [0.25, 0.3) is 0 Å². The van der Waals surface area contributed by atoms with Crippen molar-refractivity contribution >= 4 is 35.0 Å². The number of carbonyl (C=O) groups excluding carboxylic acids is 2. The fraction of sp³-hybridized carbons (Fsp3) is 0.200. The molecule has 0 aliphatic rings. The number of rotatable bonds is 7. The highest BCUT2D eigenvalue weighted by Gasteiger charge is 2.15. The van der Waals surface area contributed by atoms with Gasteiger partial charge in [0.15, 0.2) is 11.0 Å². The van der Waals surface area contributed by atoms with E-state index in [2.05, 4.69) is 20.8 Å². The lowest BCUT2D eigenvalue weighted by atomic mass is 10.2. The number of halogens is 1. The lowest BCUT2D eigenvalue weighted by Gasteiger charge is -2.08. The Morgan fingerprint density at radius 2 is 1.76 bits per heavy atom. The number of amides is 2. The van der Waals surface area contributed by atoms with Crippen LogP contribution < -0.4 is 10.6 Å². The van der Waals surface area contributed by atoms with Gasteiger partial charge in [0.1, 0.15) is 5.82 Å². The number of aromatic nitrogens is 3. The van der Waals surface area contributed by atoms with Gasteiger partial charge in [-0.3, -0.25) is 9.59 Å². The number of nitrogens with one attached hydrogen (secondary N) is 2. The van der Waals surface area contributed by atoms with Crippen LogP contribution in [0.15, 0.2) is 53.7 Å². The molecule has 0 unspecified atom stereocenters. The minimum Gasteiger partial charge on any atom is -0.326 e. The van der Waals surface area contributed by atoms with Gasteiger partial charge >= 0.3 is 0 Å². The van der Waals surface area contributed by atoms with Crippen LogP contribution in [0.1, 0.15) is 13.8 Å². The Labute approximate surface area is 171 Å². The van der Waals surface area contributed by atoms with Crippen molar-refractivity contribution < 1.29 is 14.0 Å². The maximum absolute atomic E-state index is 13.5. The van der Waals surface area contributed by atoms with E-state index in [1.165, 1.54) is 30.8 Å². The van der Waals surface area contributed by atoms with Gasteiger partial charge in [0, 0.05) is 30.4 Å². The Morgan fingerprint density at radius 1 is 1.07 bits per heavy atom. The van der Waals surface area contributed by atoms with E-state index in [4.69, 9.17) is 0 Å². The minimum atomic E-state index is -0.341. The van der Waals surface area contributed by atoms with Gasteiger partial charge in [-0.1, -0.05) is 23.9 Å². The second kappa shape index (κ2) is 9.33. The van der Waals surface area contributed by atoms with Crippen molar-refractivity contribution in [1.82, 2.24) is 14.8 Å². The normalized spacial score (nSPS) is 10.6. The Kier molecular flexibility index (Phi) is 6.61. The Bertz CT molecular complexity index is 1020. The summed E-state index contributed by atoms with van der Waals surface area (Å²) in [6.45, 7) is 3.96. The Morgan fingerprint density at radius 3 is 2.38 bits per heavy atom. The van der Waals surface area contributed by atoms with Crippen molar-refractivity contribution in [3.63, 3.8) is 0 Å². The SMILES string of the molecule is CCn1c(SCC(=O)Nc2ccc(NC(C)=O)cc2)nnc1-c1cccc(F)c1. The molecule has 2 aromatic carbocycles. The third kappa shape index (κ3) is 5.41. The lowest BCUT2D eigenvalue weighted by molar-refractivity contribution is -0.114. The summed E-state index contributed by atoms with van der Waals surface area (Å²) in [4.78, 5) is 23.3. The summed E-state index contributed by atoms with van der Waals surface area (Å²) in [6, 6.07) is 13.0. The summed E-state index contributed by atoms with van der Waals surface area (Å²) in [7, 11) is 0. The summed E-state index contributed by atoms with van der Waals surface area (Å²) in [5.74, 6) is 0.0140. The topological polar surface area (TPSA) is 88.9 Å². The zero-order chi connectivity index (χ0) is 20.8. The average Bonchev–Trinajstić information content (AvgIpc) is 3.10. The van der Waals surface area contributed by atoms with Crippen LogP contribution in [0.3, 0.4) is 0 Å². The predicted molar refractivity (Wildman–Crippen MR) is 111 cm³/mol. The van der Waals surface area contributed by atoms with Gasteiger partial charge in [0.05, 0.1) is 5.75 Å². The van der Waals surface area contributed by atoms with Crippen molar-refractivity contribution in [2.75, 3.05) is 16.4 Å². The fourth-order valence-electron chi connectivity index (χ4n) is 2.69. The van der Waals surface area contributed by atoms with Crippen LogP contribution in [-0.2, 0) is 16.1 Å². The van der Waals surface area contributed by atoms with Crippen LogP contribution in [0.25, 0.3) is 11.4 Å². The summed E-state index contributed by atoms with van der Waals surface area (Å²) in [5, 5.41) is 14.3. The lowest BCUT2D eigenvalue weighted by Crippen LogP contribution is -2.14. The van der Waals surface area contributed by atoms with E-state index in [0.717, 1.165) is 0 Å². The van der Waals surface area contributed by atoms with Crippen molar-refractivity contribution in [2.45, 2.75) is 25.5 Å². The maximum Gasteiger partial charge on any atom is 0.234 e. The number of hydrogen-bond donors (Lipinski definition) is 2. The molecule has 0 bridgehead atoms. The molecular weight excluding hydrogens is 393 g/mol. The Hall–Kier alpha value is -3.20. The van der Waals surface area contributed by atoms with E-state index in [-0.39, 0.29) is 23.4 Å². The quantitative estimate of drug-likeness (QED) is 0.575. The monoisotopic (exact) mass is 413 g/mol. The molecule has 150 valence electrons. The third-order valence-electron chi connectivity index (χ3n) is 3.94. The minimum absolute atomic E-state index is 0.148. The second-order valence-corrected chi connectivity index (χ2v) is 7.10. The molecule has 0 spiro atoms. The third-order valence-corrected chi connectivity index (χ3v) is 4.90. The van der Waals surface area contributed by atoms with E-state index < -0.39 is 0 Å². The van der Waals surface area contributed by atoms with Crippen LogP contribution in [0.2, 0.25) is 0 Å². The first kappa shape index (κ1) is 20.5. The average molecular weight is 413 g/mol. The molecule has 2 amide bonds. The molecule has 9 heteroatoms. The molecule has 0 fully saturated rings. The zero-order valence-corrected chi connectivity index (χ0v) is 16.8. The molecule has 0 aliphatic carbocycles. The molecule has 29 heavy (non-hydrogen) atoms. The van der Waals surface area contributed by atoms with Crippen LogP contribution in [-0.4, -0.2) is 32.3 Å². The molecule has 2 N–H and O–H groups in total. The second-order valence-electron chi connectivity index (χ2n) is 6.16. The highest BCUT2D eigenvalue weighted by Crippen LogP contribution is 2.24. The number of hydrogen-bond acceptors (Lipinski definition) is 5. The van der Waals surface area contributed by atoms with Gasteiger partial charge < -0.3 is 15.2 Å². The van der Waals surface area contributed by atoms with Crippen molar-refractivity contribution in [1.29, 1.82) is 0 Å². The van der Waals surface area contributed by atoms with E-state index >= 15 is 0 Å². The molecule has 0 aliphatic heterocycles. The molecule has 3 aromatic rings. The smallest absolute Gasteiger partial charge is 0.234 e. The number of benzene rings is 2. The number of thioether (sulfide) groups is 1. The summed E-state index contributed by atoms with van der Waals surface area (Å²) in [5.41, 5.74) is 1.92. The molecule has 0 saturated carbocycles. The molecule has 3 rings (SSSR count). The van der Waals surface area contributed by atoms with Gasteiger partial charge in [-0.05, 0) is 43.3 Å². The van der Waals surface area contributed by atoms with Crippen LogP contribution in [0, 0.1) is 5.82 Å². The highest BCUT2D eigenvalue weighted by molar-refractivity contribution is 7.99. The van der Waals surface area contributed by atoms with Crippen LogP contribution in [0.4, 0.5) is 15.8 Å². The van der Waals surface area contributed by atoms with E-state index in [1.54, 1.807) is 36.4 Å². The summed E-state index contributed by atoms with van der Waals surface area (Å²) in [6.07, 6.45) is 0. The predicted octanol–water partition coefficient (Wildman–Crippen LogP) is 3.79. The fourth-order valence-corrected chi connectivity index (χ4v) is 3.49. The van der Waals surface area contributed by atoms with Gasteiger partial charge in [0.2, 0.25) is 11.8 Å². The molecule has 1 heterocycles. The standard InChI is InChI=1S/C20H20FN5O2S/c1-3-26-19(14-5-4-6-15(21)11-14)24-25-20(26)29-12-18(28)23-17-9-7-16(8-10-17)22-13(2)27/h4-11H,3,12H2,1-2H3,(H,22,27)(H,23,28). The molecular formula is C20H20FN5O2S. The zero-order valence-electron chi connectivity index (χ0n) is 16.0. The van der Waals surface area contributed by atoms with Gasteiger partial charge in [-0.15, -0.1) is 10.2 Å². The summed E-state index contributed by atoms with van der Waals surface area (Å²) < 4.78 is 15.3. The molecule has 0 saturated heterocycles. The number of nitrogens with zero attached hydrogens (tertiary/aromatic N) is 3. The summed E-state index contributed by atoms with van der Waals surface area (Å²) >= 11 is 1.26. The molecule has 1 aromatic heterocycles. The molecule has 7 nitrogen and oxygen atoms in total. The number of carbonyl (C=O) groups is 2. The van der Waals surface area contributed by atoms with E-state index in [9.17, 15) is 14.0 Å². The first-order valence-electron chi connectivity index (χ1n) is 8.95. The first-order chi connectivity index (χ1) is 14.0. The van der Waals surface area contributed by atoms with Crippen LogP contribution in [0.5, 0.6) is 0 Å². The number of anilines is 2.